The van der Waals surface area contributed by atoms with Gasteiger partial charge in [-0.3, -0.25) is 0 Å². The van der Waals surface area contributed by atoms with Crippen molar-refractivity contribution in [3.05, 3.63) is 34.3 Å². The van der Waals surface area contributed by atoms with Gasteiger partial charge in [0.1, 0.15) is 0 Å². The van der Waals surface area contributed by atoms with Crippen LogP contribution in [0.2, 0.25) is 5.02 Å². The van der Waals surface area contributed by atoms with E-state index in [2.05, 4.69) is 6.07 Å². The Morgan fingerprint density at radius 2 is 2.13 bits per heavy atom. The number of benzene rings is 1. The van der Waals surface area contributed by atoms with Crippen molar-refractivity contribution < 1.29 is 0 Å². The lowest BCUT2D eigenvalue weighted by Crippen LogP contribution is -2.10. The minimum absolute atomic E-state index is 0. The summed E-state index contributed by atoms with van der Waals surface area (Å²) >= 11 is 6.05. The second-order valence-corrected chi connectivity index (χ2v) is 4.70. The first-order valence-corrected chi connectivity index (χ1v) is 5.56. The van der Waals surface area contributed by atoms with Gasteiger partial charge in [-0.05, 0) is 36.5 Å². The highest BCUT2D eigenvalue weighted by atomic mass is 35.5. The average Bonchev–Trinajstić information content (AvgIpc) is 2.93. The van der Waals surface area contributed by atoms with E-state index in [1.165, 1.54) is 18.4 Å². The molecule has 0 heterocycles. The van der Waals surface area contributed by atoms with Crippen LogP contribution in [0.25, 0.3) is 0 Å². The number of nitrogens with two attached hydrogens (primary N) is 1. The van der Waals surface area contributed by atoms with E-state index in [0.717, 1.165) is 22.9 Å². The van der Waals surface area contributed by atoms with Gasteiger partial charge in [0, 0.05) is 11.1 Å². The Morgan fingerprint density at radius 1 is 1.47 bits per heavy atom. The number of aryl methyl sites for hydroxylation is 1. The Kier molecular flexibility index (Phi) is 4.45. The summed E-state index contributed by atoms with van der Waals surface area (Å²) < 4.78 is 0. The van der Waals surface area contributed by atoms with Crippen molar-refractivity contribution in [2.45, 2.75) is 32.2 Å². The molecule has 0 radical (unpaired) electrons. The summed E-state index contributed by atoms with van der Waals surface area (Å²) in [6.45, 7) is 2.01. The van der Waals surface area contributed by atoms with Gasteiger partial charge >= 0.3 is 0 Å². The molecule has 1 nitrogen and oxygen atoms in total. The molecule has 1 atom stereocenters. The molecule has 0 bridgehead atoms. The molecule has 0 saturated heterocycles. The molecule has 1 aromatic carbocycles. The molecule has 0 aromatic heterocycles. The van der Waals surface area contributed by atoms with Gasteiger partial charge in [-0.1, -0.05) is 36.6 Å². The number of hydrogen-bond acceptors (Lipinski definition) is 1. The van der Waals surface area contributed by atoms with Gasteiger partial charge in [-0.15, -0.1) is 12.4 Å². The summed E-state index contributed by atoms with van der Waals surface area (Å²) in [5, 5.41) is 0.828. The van der Waals surface area contributed by atoms with Crippen LogP contribution in [0.4, 0.5) is 0 Å². The average molecular weight is 246 g/mol. The Bertz CT molecular complexity index is 334. The van der Waals surface area contributed by atoms with Gasteiger partial charge < -0.3 is 5.73 Å². The van der Waals surface area contributed by atoms with Gasteiger partial charge in [0.05, 0.1) is 0 Å². The first-order chi connectivity index (χ1) is 6.66. The fraction of sp³-hybridized carbons (Fsp3) is 0.500. The maximum absolute atomic E-state index is 6.10. The first kappa shape index (κ1) is 12.8. The van der Waals surface area contributed by atoms with Crippen LogP contribution in [-0.4, -0.2) is 0 Å². The van der Waals surface area contributed by atoms with Gasteiger partial charge in [0.2, 0.25) is 0 Å². The van der Waals surface area contributed by atoms with E-state index >= 15 is 0 Å². The Labute approximate surface area is 102 Å². The lowest BCUT2D eigenvalue weighted by atomic mass is 10.0. The van der Waals surface area contributed by atoms with E-state index in [0.29, 0.717) is 0 Å². The summed E-state index contributed by atoms with van der Waals surface area (Å²) in [7, 11) is 0. The summed E-state index contributed by atoms with van der Waals surface area (Å²) in [6.07, 6.45) is 3.82. The molecule has 2 N–H and O–H groups in total. The van der Waals surface area contributed by atoms with Crippen LogP contribution in [0.5, 0.6) is 0 Å². The predicted molar refractivity (Wildman–Crippen MR) is 67.7 cm³/mol. The molecule has 0 aliphatic heterocycles. The van der Waals surface area contributed by atoms with Crippen molar-refractivity contribution in [3.63, 3.8) is 0 Å². The highest BCUT2D eigenvalue weighted by molar-refractivity contribution is 6.31. The predicted octanol–water partition coefficient (Wildman–Crippen LogP) is 3.87. The second-order valence-electron chi connectivity index (χ2n) is 4.29. The van der Waals surface area contributed by atoms with Crippen molar-refractivity contribution >= 4 is 24.0 Å². The van der Waals surface area contributed by atoms with Gasteiger partial charge in [0.25, 0.3) is 0 Å². The van der Waals surface area contributed by atoms with E-state index in [1.54, 1.807) is 0 Å². The maximum Gasteiger partial charge on any atom is 0.0438 e. The van der Waals surface area contributed by atoms with Crippen molar-refractivity contribution in [1.82, 2.24) is 0 Å². The number of rotatable bonds is 3. The Balaban J connectivity index is 0.00000112. The van der Waals surface area contributed by atoms with E-state index in [-0.39, 0.29) is 18.4 Å². The molecule has 1 fully saturated rings. The van der Waals surface area contributed by atoms with Crippen LogP contribution in [0.1, 0.15) is 36.4 Å². The fourth-order valence-electron chi connectivity index (χ4n) is 1.69. The summed E-state index contributed by atoms with van der Waals surface area (Å²) in [4.78, 5) is 0. The minimum Gasteiger partial charge on any atom is -0.324 e. The molecule has 1 saturated carbocycles. The van der Waals surface area contributed by atoms with Gasteiger partial charge in [-0.2, -0.15) is 0 Å². The van der Waals surface area contributed by atoms with Crippen molar-refractivity contribution in [3.8, 4) is 0 Å². The highest BCUT2D eigenvalue weighted by Crippen LogP contribution is 2.37. The first-order valence-electron chi connectivity index (χ1n) is 5.18. The lowest BCUT2D eigenvalue weighted by molar-refractivity contribution is 0.597. The van der Waals surface area contributed by atoms with Crippen molar-refractivity contribution in [1.29, 1.82) is 0 Å². The fourth-order valence-corrected chi connectivity index (χ4v) is 1.88. The van der Waals surface area contributed by atoms with E-state index in [9.17, 15) is 0 Å². The molecule has 3 heteroatoms. The Morgan fingerprint density at radius 3 is 2.67 bits per heavy atom. The van der Waals surface area contributed by atoms with Crippen molar-refractivity contribution in [2.24, 2.45) is 11.7 Å². The lowest BCUT2D eigenvalue weighted by Gasteiger charge is -2.12. The van der Waals surface area contributed by atoms with Gasteiger partial charge in [0.15, 0.2) is 0 Å². The standard InChI is InChI=1S/C12H16ClN.ClH/c1-8-2-5-10(7-11(8)13)12(14)6-9-3-4-9;/h2,5,7,9,12H,3-4,6,14H2,1H3;1H/t12-;/m1./s1. The monoisotopic (exact) mass is 245 g/mol. The zero-order valence-corrected chi connectivity index (χ0v) is 10.4. The molecule has 2 rings (SSSR count). The zero-order chi connectivity index (χ0) is 10.1. The van der Waals surface area contributed by atoms with Crippen LogP contribution >= 0.6 is 24.0 Å². The number of halogens is 2. The molecular formula is C12H17Cl2N. The highest BCUT2D eigenvalue weighted by Gasteiger charge is 2.24. The maximum atomic E-state index is 6.10. The Hall–Kier alpha value is -0.240. The molecule has 84 valence electrons. The molecule has 15 heavy (non-hydrogen) atoms. The SMILES string of the molecule is Cc1ccc([C@H](N)CC2CC2)cc1Cl.Cl. The third kappa shape index (κ3) is 3.37. The molecule has 1 aliphatic carbocycles. The van der Waals surface area contributed by atoms with E-state index < -0.39 is 0 Å². The van der Waals surface area contributed by atoms with E-state index in [1.807, 2.05) is 19.1 Å². The molecule has 0 unspecified atom stereocenters. The third-order valence-corrected chi connectivity index (χ3v) is 3.32. The zero-order valence-electron chi connectivity index (χ0n) is 8.87. The molecule has 0 spiro atoms. The molecular weight excluding hydrogens is 229 g/mol. The van der Waals surface area contributed by atoms with Crippen LogP contribution in [0.3, 0.4) is 0 Å². The van der Waals surface area contributed by atoms with Crippen LogP contribution in [0, 0.1) is 12.8 Å². The molecule has 1 aromatic rings. The topological polar surface area (TPSA) is 26.0 Å². The van der Waals surface area contributed by atoms with Crippen LogP contribution in [0.15, 0.2) is 18.2 Å². The van der Waals surface area contributed by atoms with Crippen LogP contribution in [-0.2, 0) is 0 Å². The second kappa shape index (κ2) is 5.20. The van der Waals surface area contributed by atoms with E-state index in [4.69, 9.17) is 17.3 Å². The summed E-state index contributed by atoms with van der Waals surface area (Å²) in [5.41, 5.74) is 8.39. The quantitative estimate of drug-likeness (QED) is 0.860. The summed E-state index contributed by atoms with van der Waals surface area (Å²) in [6, 6.07) is 6.31. The third-order valence-electron chi connectivity index (χ3n) is 2.91. The van der Waals surface area contributed by atoms with Crippen molar-refractivity contribution in [2.75, 3.05) is 0 Å². The normalized spacial score (nSPS) is 17.0. The molecule has 0 amide bonds. The van der Waals surface area contributed by atoms with Gasteiger partial charge in [-0.25, -0.2) is 0 Å². The smallest absolute Gasteiger partial charge is 0.0438 e. The van der Waals surface area contributed by atoms with Crippen LogP contribution < -0.4 is 5.73 Å². The largest absolute Gasteiger partial charge is 0.324 e. The number of hydrogen-bond donors (Lipinski definition) is 1. The minimum atomic E-state index is 0. The summed E-state index contributed by atoms with van der Waals surface area (Å²) in [5.74, 6) is 0.866. The molecule has 1 aliphatic rings.